The summed E-state index contributed by atoms with van der Waals surface area (Å²) in [6.45, 7) is 0. The minimum absolute atomic E-state index is 0.508. The van der Waals surface area contributed by atoms with E-state index in [0.717, 1.165) is 21.8 Å². The molecule has 0 saturated carbocycles. The Kier molecular flexibility index (Phi) is 2.22. The van der Waals surface area contributed by atoms with Crippen LogP contribution in [-0.4, -0.2) is 19.7 Å². The Morgan fingerprint density at radius 1 is 1.47 bits per heavy atom. The highest BCUT2D eigenvalue weighted by Crippen LogP contribution is 2.36. The first-order valence-electron chi connectivity index (χ1n) is 5.12. The molecule has 0 aliphatic carbocycles. The van der Waals surface area contributed by atoms with Crippen LogP contribution in [0.2, 0.25) is 0 Å². The molecule has 0 radical (unpaired) electrons. The van der Waals surface area contributed by atoms with E-state index in [1.807, 2.05) is 35.3 Å². The zero-order valence-corrected chi connectivity index (χ0v) is 10.0. The van der Waals surface area contributed by atoms with E-state index in [4.69, 9.17) is 5.73 Å². The van der Waals surface area contributed by atoms with Crippen LogP contribution >= 0.6 is 11.3 Å². The lowest BCUT2D eigenvalue weighted by Crippen LogP contribution is -1.87. The molecule has 3 aromatic heterocycles. The Morgan fingerprint density at radius 3 is 3.00 bits per heavy atom. The van der Waals surface area contributed by atoms with Gasteiger partial charge in [0.15, 0.2) is 5.82 Å². The minimum Gasteiger partial charge on any atom is -0.382 e. The number of aryl methyl sites for hydroxylation is 1. The number of nitrogens with zero attached hydrogens (tertiary/aromatic N) is 3. The zero-order chi connectivity index (χ0) is 11.8. The van der Waals surface area contributed by atoms with E-state index < -0.39 is 0 Å². The summed E-state index contributed by atoms with van der Waals surface area (Å²) in [7, 11) is 1.93. The van der Waals surface area contributed by atoms with Gasteiger partial charge in [0.1, 0.15) is 5.69 Å². The van der Waals surface area contributed by atoms with Crippen molar-refractivity contribution >= 4 is 17.2 Å². The highest BCUT2D eigenvalue weighted by Gasteiger charge is 2.16. The van der Waals surface area contributed by atoms with Gasteiger partial charge in [0, 0.05) is 18.1 Å². The van der Waals surface area contributed by atoms with Gasteiger partial charge in [0.05, 0.1) is 17.6 Å². The molecule has 3 aromatic rings. The van der Waals surface area contributed by atoms with E-state index >= 15 is 0 Å². The molecule has 0 aliphatic heterocycles. The number of anilines is 1. The van der Waals surface area contributed by atoms with Crippen LogP contribution in [0.1, 0.15) is 0 Å². The van der Waals surface area contributed by atoms with E-state index in [2.05, 4.69) is 15.2 Å². The first-order chi connectivity index (χ1) is 8.25. The van der Waals surface area contributed by atoms with E-state index in [1.165, 1.54) is 0 Å². The van der Waals surface area contributed by atoms with Crippen molar-refractivity contribution in [3.63, 3.8) is 0 Å². The second kappa shape index (κ2) is 3.74. The molecule has 5 nitrogen and oxygen atoms in total. The molecule has 3 rings (SSSR count). The van der Waals surface area contributed by atoms with Gasteiger partial charge in [-0.3, -0.25) is 5.10 Å². The molecule has 0 bridgehead atoms. The number of aromatic nitrogens is 4. The maximum atomic E-state index is 5.91. The number of aromatic amines is 1. The molecule has 0 aliphatic rings. The van der Waals surface area contributed by atoms with Gasteiger partial charge in [0.25, 0.3) is 0 Å². The summed E-state index contributed by atoms with van der Waals surface area (Å²) in [4.78, 5) is 5.41. The fourth-order valence-electron chi connectivity index (χ4n) is 1.75. The Hall–Kier alpha value is -2.08. The Bertz CT molecular complexity index is 635. The third-order valence-corrected chi connectivity index (χ3v) is 3.41. The zero-order valence-electron chi connectivity index (χ0n) is 9.21. The smallest absolute Gasteiger partial charge is 0.154 e. The number of hydrogen-bond donors (Lipinski definition) is 2. The predicted octanol–water partition coefficient (Wildman–Crippen LogP) is 2.12. The van der Waals surface area contributed by atoms with Crippen molar-refractivity contribution in [3.8, 4) is 21.8 Å². The Labute approximate surface area is 102 Å². The van der Waals surface area contributed by atoms with Crippen LogP contribution < -0.4 is 5.73 Å². The number of rotatable bonds is 2. The van der Waals surface area contributed by atoms with Crippen molar-refractivity contribution in [2.45, 2.75) is 0 Å². The number of imidazole rings is 1. The standard InChI is InChI=1S/C11H11N5S/c1-16-5-7(13-6-16)10-9(11(12)15-14-10)8-3-2-4-17-8/h2-6H,1H3,(H3,12,14,15). The van der Waals surface area contributed by atoms with Crippen molar-refractivity contribution in [2.75, 3.05) is 5.73 Å². The normalized spacial score (nSPS) is 10.9. The lowest BCUT2D eigenvalue weighted by molar-refractivity contribution is 0.913. The molecular weight excluding hydrogens is 234 g/mol. The van der Waals surface area contributed by atoms with Gasteiger partial charge in [-0.1, -0.05) is 6.07 Å². The lowest BCUT2D eigenvalue weighted by Gasteiger charge is -1.98. The van der Waals surface area contributed by atoms with Crippen molar-refractivity contribution in [1.82, 2.24) is 19.7 Å². The van der Waals surface area contributed by atoms with Crippen LogP contribution in [0.5, 0.6) is 0 Å². The molecule has 17 heavy (non-hydrogen) atoms. The number of nitrogens with one attached hydrogen (secondary N) is 1. The number of nitrogens with two attached hydrogens (primary N) is 1. The number of H-pyrrole nitrogens is 1. The van der Waals surface area contributed by atoms with E-state index in [0.29, 0.717) is 5.82 Å². The molecular formula is C11H11N5S. The SMILES string of the molecule is Cn1cnc(-c2[nH]nc(N)c2-c2cccs2)c1. The topological polar surface area (TPSA) is 72.5 Å². The maximum Gasteiger partial charge on any atom is 0.154 e. The van der Waals surface area contributed by atoms with Crippen molar-refractivity contribution < 1.29 is 0 Å². The van der Waals surface area contributed by atoms with Gasteiger partial charge in [-0.05, 0) is 11.4 Å². The third-order valence-electron chi connectivity index (χ3n) is 2.52. The first kappa shape index (κ1) is 10.1. The lowest BCUT2D eigenvalue weighted by atomic mass is 10.1. The van der Waals surface area contributed by atoms with Gasteiger partial charge < -0.3 is 10.3 Å². The Balaban J connectivity index is 2.19. The average Bonchev–Trinajstić information content (AvgIpc) is 2.97. The van der Waals surface area contributed by atoms with Crippen LogP contribution in [0.15, 0.2) is 30.0 Å². The van der Waals surface area contributed by atoms with Gasteiger partial charge in [-0.15, -0.1) is 11.3 Å². The van der Waals surface area contributed by atoms with Crippen LogP contribution in [0.25, 0.3) is 21.8 Å². The van der Waals surface area contributed by atoms with Gasteiger partial charge in [-0.2, -0.15) is 5.10 Å². The fourth-order valence-corrected chi connectivity index (χ4v) is 2.54. The summed E-state index contributed by atoms with van der Waals surface area (Å²) in [5, 5.41) is 9.03. The molecule has 0 atom stereocenters. The van der Waals surface area contributed by atoms with Crippen molar-refractivity contribution in [1.29, 1.82) is 0 Å². The van der Waals surface area contributed by atoms with Gasteiger partial charge in [-0.25, -0.2) is 4.98 Å². The van der Waals surface area contributed by atoms with Gasteiger partial charge in [0.2, 0.25) is 0 Å². The summed E-state index contributed by atoms with van der Waals surface area (Å²) in [6, 6.07) is 4.02. The molecule has 6 heteroatoms. The summed E-state index contributed by atoms with van der Waals surface area (Å²) < 4.78 is 1.89. The summed E-state index contributed by atoms with van der Waals surface area (Å²) in [6.07, 6.45) is 3.69. The second-order valence-corrected chi connectivity index (χ2v) is 4.71. The summed E-state index contributed by atoms with van der Waals surface area (Å²) >= 11 is 1.64. The van der Waals surface area contributed by atoms with Crippen LogP contribution in [0.3, 0.4) is 0 Å². The van der Waals surface area contributed by atoms with E-state index in [-0.39, 0.29) is 0 Å². The second-order valence-electron chi connectivity index (χ2n) is 3.76. The van der Waals surface area contributed by atoms with Gasteiger partial charge >= 0.3 is 0 Å². The molecule has 86 valence electrons. The predicted molar refractivity (Wildman–Crippen MR) is 68.5 cm³/mol. The molecule has 0 unspecified atom stereocenters. The molecule has 0 saturated heterocycles. The fraction of sp³-hybridized carbons (Fsp3) is 0.0909. The molecule has 3 N–H and O–H groups in total. The first-order valence-corrected chi connectivity index (χ1v) is 5.99. The van der Waals surface area contributed by atoms with Crippen LogP contribution in [-0.2, 0) is 7.05 Å². The minimum atomic E-state index is 0.508. The number of thiophene rings is 1. The highest BCUT2D eigenvalue weighted by molar-refractivity contribution is 7.13. The van der Waals surface area contributed by atoms with E-state index in [9.17, 15) is 0 Å². The highest BCUT2D eigenvalue weighted by atomic mass is 32.1. The average molecular weight is 245 g/mol. The monoisotopic (exact) mass is 245 g/mol. The maximum absolute atomic E-state index is 5.91. The van der Waals surface area contributed by atoms with E-state index in [1.54, 1.807) is 17.7 Å². The largest absolute Gasteiger partial charge is 0.382 e. The summed E-state index contributed by atoms with van der Waals surface area (Å²) in [5.41, 5.74) is 8.55. The van der Waals surface area contributed by atoms with Crippen LogP contribution in [0, 0.1) is 0 Å². The molecule has 0 fully saturated rings. The number of nitrogen functional groups attached to an aromatic ring is 1. The quantitative estimate of drug-likeness (QED) is 0.726. The Morgan fingerprint density at radius 2 is 2.35 bits per heavy atom. The van der Waals surface area contributed by atoms with Crippen LogP contribution in [0.4, 0.5) is 5.82 Å². The molecule has 0 amide bonds. The van der Waals surface area contributed by atoms with Crippen molar-refractivity contribution in [2.24, 2.45) is 7.05 Å². The molecule has 0 aromatic carbocycles. The summed E-state index contributed by atoms with van der Waals surface area (Å²) in [5.74, 6) is 0.508. The molecule has 3 heterocycles. The number of hydrogen-bond acceptors (Lipinski definition) is 4. The van der Waals surface area contributed by atoms with Crippen molar-refractivity contribution in [3.05, 3.63) is 30.0 Å². The third kappa shape index (κ3) is 1.62. The molecule has 0 spiro atoms.